The molecule has 7 nitrogen and oxygen atoms in total. The van der Waals surface area contributed by atoms with Crippen LogP contribution in [0.3, 0.4) is 0 Å². The number of carbonyl (C=O) groups excluding carboxylic acids is 1. The normalized spacial score (nSPS) is 21.4. The van der Waals surface area contributed by atoms with Gasteiger partial charge in [0, 0.05) is 11.5 Å². The van der Waals surface area contributed by atoms with Gasteiger partial charge in [-0.3, -0.25) is 4.89 Å². The lowest BCUT2D eigenvalue weighted by Gasteiger charge is -2.13. The Bertz CT molecular complexity index is 507. The predicted octanol–water partition coefficient (Wildman–Crippen LogP) is 2.59. The van der Waals surface area contributed by atoms with Crippen molar-refractivity contribution in [1.82, 2.24) is 4.90 Å². The Kier molecular flexibility index (Phi) is 4.75. The van der Waals surface area contributed by atoms with E-state index in [2.05, 4.69) is 14.9 Å². The number of amides is 1. The van der Waals surface area contributed by atoms with Crippen molar-refractivity contribution in [3.05, 3.63) is 46.3 Å². The van der Waals surface area contributed by atoms with E-state index in [4.69, 9.17) is 10.4 Å². The van der Waals surface area contributed by atoms with E-state index in [1.165, 1.54) is 0 Å². The molecule has 1 saturated heterocycles. The van der Waals surface area contributed by atoms with Crippen molar-refractivity contribution in [3.8, 4) is 0 Å². The van der Waals surface area contributed by atoms with Gasteiger partial charge in [0.1, 0.15) is 12.8 Å². The number of benzene rings is 1. The summed E-state index contributed by atoms with van der Waals surface area (Å²) in [5.74, 6) is 0. The highest BCUT2D eigenvalue weighted by Crippen LogP contribution is 2.18. The zero-order valence-corrected chi connectivity index (χ0v) is 10.6. The molecule has 0 aliphatic carbocycles. The fourth-order valence-corrected chi connectivity index (χ4v) is 1.85. The Hall–Kier alpha value is -2.31. The molecule has 0 N–H and O–H groups in total. The molecule has 0 radical (unpaired) electrons. The van der Waals surface area contributed by atoms with Crippen LogP contribution in [0.15, 0.2) is 35.4 Å². The van der Waals surface area contributed by atoms with Crippen LogP contribution < -0.4 is 0 Å². The number of halogens is 1. The lowest BCUT2D eigenvalue weighted by Crippen LogP contribution is -2.30. The number of alkyl halides is 1. The van der Waals surface area contributed by atoms with Crippen molar-refractivity contribution >= 4 is 6.09 Å². The Balaban J connectivity index is 1.77. The summed E-state index contributed by atoms with van der Waals surface area (Å²) in [6.07, 6.45) is -2.17. The molecule has 0 aromatic heterocycles. The van der Waals surface area contributed by atoms with Crippen molar-refractivity contribution in [3.63, 3.8) is 0 Å². The summed E-state index contributed by atoms with van der Waals surface area (Å²) in [4.78, 5) is 24.7. The molecule has 1 aromatic carbocycles. The first-order valence-corrected chi connectivity index (χ1v) is 6.01. The van der Waals surface area contributed by atoms with Crippen molar-refractivity contribution in [2.24, 2.45) is 5.11 Å². The number of rotatable bonds is 4. The lowest BCUT2D eigenvalue weighted by molar-refractivity contribution is -0.255. The highest BCUT2D eigenvalue weighted by molar-refractivity contribution is 5.67. The topological polar surface area (TPSA) is 87.5 Å². The van der Waals surface area contributed by atoms with Crippen molar-refractivity contribution < 1.29 is 19.0 Å². The van der Waals surface area contributed by atoms with Crippen LogP contribution in [0.1, 0.15) is 5.56 Å². The maximum atomic E-state index is 13.4. The molecule has 8 heteroatoms. The summed E-state index contributed by atoms with van der Waals surface area (Å²) in [5, 5.41) is 3.28. The number of hydrogen-bond acceptors (Lipinski definition) is 4. The Labute approximate surface area is 114 Å². The fourth-order valence-electron chi connectivity index (χ4n) is 1.85. The average Bonchev–Trinajstić information content (AvgIpc) is 2.82. The quantitative estimate of drug-likeness (QED) is 0.279. The van der Waals surface area contributed by atoms with Crippen molar-refractivity contribution in [1.29, 1.82) is 0 Å². The van der Waals surface area contributed by atoms with Gasteiger partial charge in [0.15, 0.2) is 0 Å². The smallest absolute Gasteiger partial charge is 0.302 e. The largest absolute Gasteiger partial charge is 0.441 e. The molecule has 0 bridgehead atoms. The molecule has 1 amide bonds. The van der Waals surface area contributed by atoms with Gasteiger partial charge in [0.25, 0.3) is 0 Å². The van der Waals surface area contributed by atoms with Crippen LogP contribution in [0.4, 0.5) is 9.18 Å². The predicted molar refractivity (Wildman–Crippen MR) is 67.1 cm³/mol. The Morgan fingerprint density at radius 2 is 2.20 bits per heavy atom. The molecule has 1 heterocycles. The minimum Gasteiger partial charge on any atom is -0.302 e. The Morgan fingerprint density at radius 3 is 2.90 bits per heavy atom. The van der Waals surface area contributed by atoms with E-state index >= 15 is 0 Å². The molecule has 0 spiro atoms. The summed E-state index contributed by atoms with van der Waals surface area (Å²) in [6, 6.07) is 8.29. The molecular weight excluding hydrogens is 267 g/mol. The molecule has 2 atom stereocenters. The number of azide groups is 1. The highest BCUT2D eigenvalue weighted by atomic mass is 19.1. The van der Waals surface area contributed by atoms with Crippen molar-refractivity contribution in [2.45, 2.75) is 18.8 Å². The van der Waals surface area contributed by atoms with E-state index in [-0.39, 0.29) is 19.7 Å². The lowest BCUT2D eigenvalue weighted by atomic mass is 10.2. The van der Waals surface area contributed by atoms with E-state index < -0.39 is 18.3 Å². The maximum absolute atomic E-state index is 13.4. The fraction of sp³-hybridized carbons (Fsp3) is 0.417. The first-order valence-electron chi connectivity index (χ1n) is 6.01. The third-order valence-corrected chi connectivity index (χ3v) is 2.88. The summed E-state index contributed by atoms with van der Waals surface area (Å²) >= 11 is 0. The summed E-state index contributed by atoms with van der Waals surface area (Å²) < 4.78 is 13.4. The van der Waals surface area contributed by atoms with Crippen LogP contribution in [-0.2, 0) is 16.4 Å². The molecule has 1 fully saturated rings. The second kappa shape index (κ2) is 6.74. The van der Waals surface area contributed by atoms with Gasteiger partial charge in [-0.2, -0.15) is 4.89 Å². The van der Waals surface area contributed by atoms with Gasteiger partial charge < -0.3 is 4.90 Å². The molecular formula is C12H13FN4O3. The SMILES string of the molecule is [N-]=[N+]=NC1CN(C(=O)OOCc2ccccc2)CC1F. The molecule has 0 saturated carbocycles. The van der Waals surface area contributed by atoms with Gasteiger partial charge in [-0.05, 0) is 11.1 Å². The molecule has 20 heavy (non-hydrogen) atoms. The van der Waals surface area contributed by atoms with E-state index in [0.29, 0.717) is 0 Å². The second-order valence-electron chi connectivity index (χ2n) is 4.29. The molecule has 1 aliphatic heterocycles. The number of nitrogens with zero attached hydrogens (tertiary/aromatic N) is 4. The van der Waals surface area contributed by atoms with Gasteiger partial charge in [-0.1, -0.05) is 35.4 Å². The van der Waals surface area contributed by atoms with Crippen LogP contribution in [0.25, 0.3) is 10.4 Å². The van der Waals surface area contributed by atoms with E-state index in [1.54, 1.807) is 0 Å². The zero-order chi connectivity index (χ0) is 14.4. The average molecular weight is 280 g/mol. The van der Waals surface area contributed by atoms with Crippen molar-refractivity contribution in [2.75, 3.05) is 13.1 Å². The van der Waals surface area contributed by atoms with Gasteiger partial charge in [-0.25, -0.2) is 9.18 Å². The van der Waals surface area contributed by atoms with E-state index in [0.717, 1.165) is 10.5 Å². The third kappa shape index (κ3) is 3.59. The summed E-state index contributed by atoms with van der Waals surface area (Å²) in [6.45, 7) is -0.0742. The second-order valence-corrected chi connectivity index (χ2v) is 4.29. The standard InChI is InChI=1S/C12H13FN4O3/c13-10-6-17(7-11(10)15-16-14)12(18)20-19-8-9-4-2-1-3-5-9/h1-5,10-11H,6-8H2. The maximum Gasteiger partial charge on any atom is 0.441 e. The summed E-state index contributed by atoms with van der Waals surface area (Å²) in [5.41, 5.74) is 9.11. The van der Waals surface area contributed by atoms with Crippen LogP contribution in [0, 0.1) is 0 Å². The highest BCUT2D eigenvalue weighted by Gasteiger charge is 2.36. The number of hydrogen-bond donors (Lipinski definition) is 0. The molecule has 1 aliphatic rings. The molecule has 2 rings (SSSR count). The first-order chi connectivity index (χ1) is 9.70. The Morgan fingerprint density at radius 1 is 1.45 bits per heavy atom. The van der Waals surface area contributed by atoms with Gasteiger partial charge in [0.05, 0.1) is 12.6 Å². The van der Waals surface area contributed by atoms with Gasteiger partial charge >= 0.3 is 6.09 Å². The van der Waals surface area contributed by atoms with Crippen LogP contribution in [-0.4, -0.2) is 36.3 Å². The zero-order valence-electron chi connectivity index (χ0n) is 10.6. The third-order valence-electron chi connectivity index (χ3n) is 2.88. The monoisotopic (exact) mass is 280 g/mol. The first kappa shape index (κ1) is 14.1. The minimum absolute atomic E-state index is 0.0151. The minimum atomic E-state index is -1.38. The molecule has 106 valence electrons. The van der Waals surface area contributed by atoms with Gasteiger partial charge in [-0.15, -0.1) is 0 Å². The summed E-state index contributed by atoms with van der Waals surface area (Å²) in [7, 11) is 0. The van der Waals surface area contributed by atoms with Crippen LogP contribution in [0.2, 0.25) is 0 Å². The number of likely N-dealkylation sites (tertiary alicyclic amines) is 1. The van der Waals surface area contributed by atoms with E-state index in [1.807, 2.05) is 30.3 Å². The van der Waals surface area contributed by atoms with Crippen LogP contribution >= 0.6 is 0 Å². The number of carbonyl (C=O) groups is 1. The van der Waals surface area contributed by atoms with Crippen LogP contribution in [0.5, 0.6) is 0 Å². The van der Waals surface area contributed by atoms with Gasteiger partial charge in [0.2, 0.25) is 0 Å². The van der Waals surface area contributed by atoms with E-state index in [9.17, 15) is 9.18 Å². The molecule has 2 unspecified atom stereocenters. The molecule has 1 aromatic rings.